The third-order valence-corrected chi connectivity index (χ3v) is 6.73. The van der Waals surface area contributed by atoms with Gasteiger partial charge in [-0.15, -0.1) is 0 Å². The minimum Gasteiger partial charge on any atom is -0.508 e. The van der Waals surface area contributed by atoms with Crippen molar-refractivity contribution in [3.8, 4) is 34.1 Å². The van der Waals surface area contributed by atoms with Crippen molar-refractivity contribution < 1.29 is 20.4 Å². The monoisotopic (exact) mass is 474 g/mol. The summed E-state index contributed by atoms with van der Waals surface area (Å²) < 4.78 is 0. The van der Waals surface area contributed by atoms with Gasteiger partial charge >= 0.3 is 0 Å². The van der Waals surface area contributed by atoms with Crippen LogP contribution in [-0.2, 0) is 5.41 Å². The van der Waals surface area contributed by atoms with Crippen LogP contribution in [0.5, 0.6) is 23.0 Å². The maximum Gasteiger partial charge on any atom is 0.115 e. The molecule has 5 aromatic carbocycles. The maximum absolute atomic E-state index is 10.1. The molecule has 4 N–H and O–H groups in total. The summed E-state index contributed by atoms with van der Waals surface area (Å²) in [6, 6.07) is 34.7. The molecule has 0 spiro atoms. The molecule has 0 aromatic heterocycles. The van der Waals surface area contributed by atoms with Crippen LogP contribution in [0.2, 0.25) is 0 Å². The molecular weight excluding hydrogens is 448 g/mol. The van der Waals surface area contributed by atoms with E-state index in [2.05, 4.69) is 19.1 Å². The van der Waals surface area contributed by atoms with Crippen molar-refractivity contribution in [2.75, 3.05) is 0 Å². The van der Waals surface area contributed by atoms with Crippen LogP contribution in [0, 0.1) is 6.92 Å². The highest BCUT2D eigenvalue weighted by Gasteiger charge is 2.40. The molecule has 0 saturated carbocycles. The van der Waals surface area contributed by atoms with Crippen molar-refractivity contribution >= 4 is 0 Å². The molecule has 0 heterocycles. The highest BCUT2D eigenvalue weighted by molar-refractivity contribution is 5.77. The van der Waals surface area contributed by atoms with Gasteiger partial charge in [0.2, 0.25) is 0 Å². The van der Waals surface area contributed by atoms with E-state index in [0.717, 1.165) is 38.9 Å². The first-order valence-corrected chi connectivity index (χ1v) is 11.7. The first-order chi connectivity index (χ1) is 17.4. The van der Waals surface area contributed by atoms with Crippen LogP contribution >= 0.6 is 0 Å². The van der Waals surface area contributed by atoms with E-state index < -0.39 is 5.41 Å². The molecule has 0 amide bonds. The number of rotatable bonds is 5. The first kappa shape index (κ1) is 23.1. The van der Waals surface area contributed by atoms with Crippen molar-refractivity contribution in [2.45, 2.75) is 12.3 Å². The predicted molar refractivity (Wildman–Crippen MR) is 142 cm³/mol. The molecule has 0 aliphatic rings. The van der Waals surface area contributed by atoms with Gasteiger partial charge in [-0.3, -0.25) is 0 Å². The van der Waals surface area contributed by atoms with Gasteiger partial charge < -0.3 is 20.4 Å². The lowest BCUT2D eigenvalue weighted by Crippen LogP contribution is -2.32. The Morgan fingerprint density at radius 3 is 1.19 bits per heavy atom. The van der Waals surface area contributed by atoms with E-state index in [4.69, 9.17) is 0 Å². The molecule has 0 aliphatic heterocycles. The molecule has 4 heteroatoms. The fraction of sp³-hybridized carbons (Fsp3) is 0.0625. The summed E-state index contributed by atoms with van der Waals surface area (Å²) in [6.07, 6.45) is 0. The SMILES string of the molecule is Cc1cccc(C(c2ccc(O)cc2)(c2ccc(O)cc2)c2ccc(O)cc2)c1-c1ccc(O)cc1. The molecule has 0 unspecified atom stereocenters. The Bertz CT molecular complexity index is 1370. The molecule has 0 radical (unpaired) electrons. The standard InChI is InChI=1S/C32H26O4/c1-21-3-2-4-30(31(21)22-5-13-26(33)14-6-22)32(23-7-15-27(34)16-8-23,24-9-17-28(35)18-10-24)25-11-19-29(36)20-12-25/h2-20,33-36H,1H3. The van der Waals surface area contributed by atoms with Gasteiger partial charge in [0, 0.05) is 0 Å². The zero-order valence-electron chi connectivity index (χ0n) is 19.8. The van der Waals surface area contributed by atoms with E-state index >= 15 is 0 Å². The Morgan fingerprint density at radius 1 is 0.444 bits per heavy atom. The maximum atomic E-state index is 10.1. The van der Waals surface area contributed by atoms with Crippen molar-refractivity contribution in [1.29, 1.82) is 0 Å². The Hall–Kier alpha value is -4.70. The molecule has 178 valence electrons. The predicted octanol–water partition coefficient (Wildman–Crippen LogP) is 6.87. The second-order valence-corrected chi connectivity index (χ2v) is 8.93. The number of hydrogen-bond acceptors (Lipinski definition) is 4. The van der Waals surface area contributed by atoms with E-state index in [1.807, 2.05) is 54.6 Å². The molecule has 0 bridgehead atoms. The van der Waals surface area contributed by atoms with Gasteiger partial charge in [-0.2, -0.15) is 0 Å². The fourth-order valence-corrected chi connectivity index (χ4v) is 5.09. The summed E-state index contributed by atoms with van der Waals surface area (Å²) in [4.78, 5) is 0. The summed E-state index contributed by atoms with van der Waals surface area (Å²) in [7, 11) is 0. The van der Waals surface area contributed by atoms with E-state index in [1.165, 1.54) is 0 Å². The van der Waals surface area contributed by atoms with Gasteiger partial charge in [0.05, 0.1) is 5.41 Å². The van der Waals surface area contributed by atoms with Crippen LogP contribution in [0.4, 0.5) is 0 Å². The lowest BCUT2D eigenvalue weighted by atomic mass is 9.63. The zero-order chi connectivity index (χ0) is 25.3. The zero-order valence-corrected chi connectivity index (χ0v) is 19.8. The lowest BCUT2D eigenvalue weighted by molar-refractivity contribution is 0.474. The molecule has 5 rings (SSSR count). The van der Waals surface area contributed by atoms with Gasteiger partial charge in [-0.05, 0) is 94.4 Å². The van der Waals surface area contributed by atoms with Gasteiger partial charge in [-0.25, -0.2) is 0 Å². The van der Waals surface area contributed by atoms with Gasteiger partial charge in [0.25, 0.3) is 0 Å². The normalized spacial score (nSPS) is 11.4. The van der Waals surface area contributed by atoms with Crippen molar-refractivity contribution in [3.63, 3.8) is 0 Å². The second kappa shape index (κ2) is 9.16. The number of benzene rings is 5. The lowest BCUT2D eigenvalue weighted by Gasteiger charge is -2.38. The highest BCUT2D eigenvalue weighted by Crippen LogP contribution is 2.50. The molecule has 4 nitrogen and oxygen atoms in total. The number of phenols is 4. The molecule has 0 atom stereocenters. The first-order valence-electron chi connectivity index (χ1n) is 11.7. The Kier molecular flexibility index (Phi) is 5.87. The molecule has 36 heavy (non-hydrogen) atoms. The van der Waals surface area contributed by atoms with E-state index in [9.17, 15) is 20.4 Å². The third-order valence-electron chi connectivity index (χ3n) is 6.73. The summed E-state index contributed by atoms with van der Waals surface area (Å²) >= 11 is 0. The Labute approximate surface area is 210 Å². The van der Waals surface area contributed by atoms with Crippen LogP contribution in [0.25, 0.3) is 11.1 Å². The van der Waals surface area contributed by atoms with Crippen LogP contribution in [0.1, 0.15) is 27.8 Å². The van der Waals surface area contributed by atoms with Gasteiger partial charge in [0.1, 0.15) is 23.0 Å². The quantitative estimate of drug-likeness (QED) is 0.210. The second-order valence-electron chi connectivity index (χ2n) is 8.93. The van der Waals surface area contributed by atoms with Crippen molar-refractivity contribution in [3.05, 3.63) is 143 Å². The van der Waals surface area contributed by atoms with Crippen LogP contribution < -0.4 is 0 Å². The van der Waals surface area contributed by atoms with Crippen LogP contribution in [-0.4, -0.2) is 20.4 Å². The smallest absolute Gasteiger partial charge is 0.115 e. The summed E-state index contributed by atoms with van der Waals surface area (Å²) in [5.41, 5.74) is 5.84. The Morgan fingerprint density at radius 2 is 0.806 bits per heavy atom. The molecule has 0 aliphatic carbocycles. The largest absolute Gasteiger partial charge is 0.508 e. The van der Waals surface area contributed by atoms with Crippen LogP contribution in [0.3, 0.4) is 0 Å². The summed E-state index contributed by atoms with van der Waals surface area (Å²) in [5.74, 6) is 0.668. The number of aryl methyl sites for hydroxylation is 1. The highest BCUT2D eigenvalue weighted by atomic mass is 16.3. The molecule has 0 saturated heterocycles. The fourth-order valence-electron chi connectivity index (χ4n) is 5.09. The topological polar surface area (TPSA) is 80.9 Å². The molecule has 0 fully saturated rings. The average molecular weight is 475 g/mol. The molecular formula is C32H26O4. The van der Waals surface area contributed by atoms with E-state index in [1.54, 1.807) is 48.5 Å². The third kappa shape index (κ3) is 3.93. The number of hydrogen-bond donors (Lipinski definition) is 4. The van der Waals surface area contributed by atoms with E-state index in [0.29, 0.717) is 0 Å². The van der Waals surface area contributed by atoms with Crippen molar-refractivity contribution in [2.24, 2.45) is 0 Å². The summed E-state index contributed by atoms with van der Waals surface area (Å²) in [5, 5.41) is 40.3. The van der Waals surface area contributed by atoms with E-state index in [-0.39, 0.29) is 23.0 Å². The molecule has 5 aromatic rings. The number of phenolic OH excluding ortho intramolecular Hbond substituents is 4. The van der Waals surface area contributed by atoms with Crippen molar-refractivity contribution in [1.82, 2.24) is 0 Å². The van der Waals surface area contributed by atoms with Gasteiger partial charge in [-0.1, -0.05) is 66.7 Å². The minimum absolute atomic E-state index is 0.159. The minimum atomic E-state index is -0.867. The van der Waals surface area contributed by atoms with Gasteiger partial charge in [0.15, 0.2) is 0 Å². The number of aromatic hydroxyl groups is 4. The summed E-state index contributed by atoms with van der Waals surface area (Å²) in [6.45, 7) is 2.06. The Balaban J connectivity index is 1.96. The van der Waals surface area contributed by atoms with Crippen LogP contribution in [0.15, 0.2) is 115 Å². The average Bonchev–Trinajstić information content (AvgIpc) is 2.88.